The maximum absolute atomic E-state index is 14.7. The fourth-order valence-electron chi connectivity index (χ4n) is 8.07. The number of hydrogen-bond acceptors (Lipinski definition) is 9. The van der Waals surface area contributed by atoms with E-state index in [0.29, 0.717) is 71.5 Å². The first-order chi connectivity index (χ1) is 24.3. The minimum Gasteiger partial charge on any atom is -0.463 e. The Kier molecular flexibility index (Phi) is 13.6. The molecule has 0 saturated carbocycles. The van der Waals surface area contributed by atoms with Gasteiger partial charge in [-0.3, -0.25) is 24.1 Å². The van der Waals surface area contributed by atoms with Gasteiger partial charge >= 0.3 is 5.97 Å². The summed E-state index contributed by atoms with van der Waals surface area (Å²) in [6.45, 7) is 12.4. The smallest absolute Gasteiger partial charge is 0.306 e. The minimum atomic E-state index is -1.12. The number of morpholine rings is 1. The molecule has 1 aromatic rings. The van der Waals surface area contributed by atoms with Crippen LogP contribution in [0, 0.1) is 11.8 Å². The molecule has 4 aliphatic heterocycles. The Balaban J connectivity index is 1.38. The molecule has 4 heterocycles. The number of esters is 1. The summed E-state index contributed by atoms with van der Waals surface area (Å²) in [7, 11) is 0. The first kappa shape index (κ1) is 37.7. The molecule has 1 spiro atoms. The maximum atomic E-state index is 14.7. The van der Waals surface area contributed by atoms with Crippen LogP contribution in [0.25, 0.3) is 0 Å². The van der Waals surface area contributed by atoms with Gasteiger partial charge in [0.25, 0.3) is 0 Å². The summed E-state index contributed by atoms with van der Waals surface area (Å²) in [5.74, 6) is -2.76. The number of allylic oxidation sites excluding steroid dienone is 1. The molecule has 2 bridgehead atoms. The molecule has 0 unspecified atom stereocenters. The number of amides is 3. The van der Waals surface area contributed by atoms with Gasteiger partial charge in [0.1, 0.15) is 18.2 Å². The second-order valence-electron chi connectivity index (χ2n) is 13.7. The van der Waals surface area contributed by atoms with E-state index in [9.17, 15) is 24.3 Å². The van der Waals surface area contributed by atoms with E-state index < -0.39 is 35.6 Å². The van der Waals surface area contributed by atoms with Gasteiger partial charge in [-0.15, -0.1) is 13.2 Å². The zero-order chi connectivity index (χ0) is 35.5. The van der Waals surface area contributed by atoms with Crippen molar-refractivity contribution in [2.45, 2.75) is 75.2 Å². The van der Waals surface area contributed by atoms with E-state index in [-0.39, 0.29) is 43.3 Å². The van der Waals surface area contributed by atoms with Crippen LogP contribution in [0.1, 0.15) is 63.0 Å². The van der Waals surface area contributed by atoms with Crippen LogP contribution in [0.3, 0.4) is 0 Å². The molecule has 4 fully saturated rings. The standard InChI is InChI=1S/C38H54N4O8/c1-3-5-15-31(44)49-27-29(28-13-9-8-10-14-28)39-35(45)32-30-16-17-38(50-30)33(32)36(46)42(19-11-6-7-12-24-43)34(38)37(47)41(18-4-2)21-20-40-22-25-48-26-23-40/h3-4,8-10,13-14,29-30,32-34,43H,1-2,5-7,11-12,15-27H2,(H,39,45)/t29-,30-,32+,33+,34-,38+/m1/s1. The molecule has 4 saturated heterocycles. The van der Waals surface area contributed by atoms with Crippen molar-refractivity contribution >= 4 is 23.7 Å². The lowest BCUT2D eigenvalue weighted by Gasteiger charge is -2.37. The van der Waals surface area contributed by atoms with Crippen molar-refractivity contribution in [2.24, 2.45) is 11.8 Å². The summed E-state index contributed by atoms with van der Waals surface area (Å²) in [5, 5.41) is 12.4. The van der Waals surface area contributed by atoms with Gasteiger partial charge in [-0.1, -0.05) is 55.3 Å². The number of ether oxygens (including phenoxy) is 3. The SMILES string of the molecule is C=CCCC(=O)OC[C@@H](NC(=O)[C@@H]1[C@H]2C(=O)N(CCCCCCO)[C@H](C(=O)N(CC=C)CCN3CCOCC3)[C@]23CC[C@H]1O3)c1ccccc1. The van der Waals surface area contributed by atoms with E-state index in [2.05, 4.69) is 23.4 Å². The highest BCUT2D eigenvalue weighted by atomic mass is 16.5. The molecule has 6 atom stereocenters. The van der Waals surface area contributed by atoms with Crippen molar-refractivity contribution in [3.05, 3.63) is 61.2 Å². The predicted octanol–water partition coefficient (Wildman–Crippen LogP) is 2.63. The summed E-state index contributed by atoms with van der Waals surface area (Å²) in [6, 6.07) is 7.81. The van der Waals surface area contributed by atoms with Gasteiger partial charge in [-0.2, -0.15) is 0 Å². The van der Waals surface area contributed by atoms with Crippen molar-refractivity contribution in [1.29, 1.82) is 0 Å². The highest BCUT2D eigenvalue weighted by molar-refractivity contribution is 5.99. The van der Waals surface area contributed by atoms with Crippen molar-refractivity contribution in [3.63, 3.8) is 0 Å². The number of likely N-dealkylation sites (tertiary alicyclic amines) is 1. The van der Waals surface area contributed by atoms with Crippen LogP contribution in [0.4, 0.5) is 0 Å². The number of aliphatic hydroxyl groups excluding tert-OH is 1. The molecule has 274 valence electrons. The number of hydrogen-bond donors (Lipinski definition) is 2. The molecule has 50 heavy (non-hydrogen) atoms. The third-order valence-electron chi connectivity index (χ3n) is 10.6. The van der Waals surface area contributed by atoms with Gasteiger partial charge in [0.05, 0.1) is 37.2 Å². The van der Waals surface area contributed by atoms with Gasteiger partial charge in [-0.25, -0.2) is 0 Å². The van der Waals surface area contributed by atoms with Crippen LogP contribution in [0.15, 0.2) is 55.6 Å². The number of carbonyl (C=O) groups excluding carboxylic acids is 4. The molecule has 0 radical (unpaired) electrons. The van der Waals surface area contributed by atoms with E-state index in [1.807, 2.05) is 30.3 Å². The number of benzene rings is 1. The summed E-state index contributed by atoms with van der Waals surface area (Å²) in [6.07, 6.45) is 7.54. The van der Waals surface area contributed by atoms with Gasteiger partial charge in [0.2, 0.25) is 17.7 Å². The van der Waals surface area contributed by atoms with Crippen molar-refractivity contribution in [2.75, 3.05) is 65.7 Å². The van der Waals surface area contributed by atoms with Crippen LogP contribution in [0.2, 0.25) is 0 Å². The lowest BCUT2D eigenvalue weighted by Crippen LogP contribution is -2.57. The third-order valence-corrected chi connectivity index (χ3v) is 10.6. The van der Waals surface area contributed by atoms with Crippen molar-refractivity contribution in [1.82, 2.24) is 20.0 Å². The molecule has 12 heteroatoms. The molecule has 1 aromatic carbocycles. The monoisotopic (exact) mass is 694 g/mol. The summed E-state index contributed by atoms with van der Waals surface area (Å²) in [5.41, 5.74) is -0.351. The van der Waals surface area contributed by atoms with E-state index in [4.69, 9.17) is 14.2 Å². The van der Waals surface area contributed by atoms with Gasteiger partial charge in [-0.05, 0) is 37.7 Å². The zero-order valence-corrected chi connectivity index (χ0v) is 29.2. The molecule has 3 amide bonds. The van der Waals surface area contributed by atoms with Gasteiger partial charge in [0, 0.05) is 52.3 Å². The van der Waals surface area contributed by atoms with Crippen molar-refractivity contribution in [3.8, 4) is 0 Å². The normalized spacial score (nSPS) is 26.3. The highest BCUT2D eigenvalue weighted by Crippen LogP contribution is 2.58. The molecule has 4 aliphatic rings. The molecule has 2 N–H and O–H groups in total. The molecule has 5 rings (SSSR count). The second-order valence-corrected chi connectivity index (χ2v) is 13.7. The number of nitrogens with zero attached hydrogens (tertiary/aromatic N) is 3. The second kappa shape index (κ2) is 18.1. The van der Waals surface area contributed by atoms with Gasteiger partial charge in [0.15, 0.2) is 0 Å². The predicted molar refractivity (Wildman–Crippen MR) is 187 cm³/mol. The lowest BCUT2D eigenvalue weighted by atomic mass is 9.70. The Morgan fingerprint density at radius 3 is 2.56 bits per heavy atom. The van der Waals surface area contributed by atoms with Gasteiger partial charge < -0.3 is 34.4 Å². The average molecular weight is 695 g/mol. The number of rotatable bonds is 20. The molecule has 0 aliphatic carbocycles. The van der Waals surface area contributed by atoms with Crippen LogP contribution >= 0.6 is 0 Å². The maximum Gasteiger partial charge on any atom is 0.306 e. The first-order valence-electron chi connectivity index (χ1n) is 18.3. The largest absolute Gasteiger partial charge is 0.463 e. The number of unbranched alkanes of at least 4 members (excludes halogenated alkanes) is 3. The molecule has 12 nitrogen and oxygen atoms in total. The van der Waals surface area contributed by atoms with Crippen molar-refractivity contribution < 1.29 is 38.5 Å². The quantitative estimate of drug-likeness (QED) is 0.120. The van der Waals surface area contributed by atoms with Crippen LogP contribution in [-0.4, -0.2) is 127 Å². The Hall–Kier alpha value is -3.58. The fraction of sp³-hybridized carbons (Fsp3) is 0.632. The topological polar surface area (TPSA) is 138 Å². The first-order valence-corrected chi connectivity index (χ1v) is 18.3. The summed E-state index contributed by atoms with van der Waals surface area (Å²) in [4.78, 5) is 61.6. The zero-order valence-electron chi connectivity index (χ0n) is 29.2. The summed E-state index contributed by atoms with van der Waals surface area (Å²) >= 11 is 0. The Morgan fingerprint density at radius 1 is 1.08 bits per heavy atom. The average Bonchev–Trinajstić information content (AvgIpc) is 3.78. The van der Waals surface area contributed by atoms with Crippen LogP contribution in [0.5, 0.6) is 0 Å². The number of fused-ring (bicyclic) bond motifs is 1. The summed E-state index contributed by atoms with van der Waals surface area (Å²) < 4.78 is 17.7. The van der Waals surface area contributed by atoms with Crippen LogP contribution in [-0.2, 0) is 33.4 Å². The number of nitrogens with one attached hydrogen (secondary N) is 1. The van der Waals surface area contributed by atoms with E-state index in [1.165, 1.54) is 0 Å². The Morgan fingerprint density at radius 2 is 1.84 bits per heavy atom. The lowest BCUT2D eigenvalue weighted by molar-refractivity contribution is -0.148. The molecular weight excluding hydrogens is 640 g/mol. The fourth-order valence-corrected chi connectivity index (χ4v) is 8.07. The number of carbonyl (C=O) groups is 4. The Labute approximate surface area is 295 Å². The van der Waals surface area contributed by atoms with E-state index >= 15 is 0 Å². The van der Waals surface area contributed by atoms with E-state index in [0.717, 1.165) is 31.5 Å². The third kappa shape index (κ3) is 8.47. The minimum absolute atomic E-state index is 0.0611. The molecular formula is C38H54N4O8. The van der Waals surface area contributed by atoms with E-state index in [1.54, 1.807) is 22.0 Å². The number of aliphatic hydroxyl groups is 1. The van der Waals surface area contributed by atoms with Crippen LogP contribution < -0.4 is 5.32 Å². The molecule has 0 aromatic heterocycles. The Bertz CT molecular complexity index is 1340. The highest BCUT2D eigenvalue weighted by Gasteiger charge is 2.74.